The van der Waals surface area contributed by atoms with Crippen LogP contribution < -0.4 is 0 Å². The Morgan fingerprint density at radius 1 is 1.04 bits per heavy atom. The highest BCUT2D eigenvalue weighted by molar-refractivity contribution is 6.74. The van der Waals surface area contributed by atoms with Crippen LogP contribution in [0.2, 0.25) is 18.1 Å². The number of carbonyl (C=O) groups is 1. The van der Waals surface area contributed by atoms with E-state index in [-0.39, 0.29) is 17.1 Å². The van der Waals surface area contributed by atoms with Gasteiger partial charge in [-0.15, -0.1) is 0 Å². The van der Waals surface area contributed by atoms with E-state index in [1.807, 2.05) is 0 Å². The van der Waals surface area contributed by atoms with Gasteiger partial charge in [-0.3, -0.25) is 4.79 Å². The van der Waals surface area contributed by atoms with Gasteiger partial charge in [-0.1, -0.05) is 52.2 Å². The van der Waals surface area contributed by atoms with Gasteiger partial charge in [0.1, 0.15) is 0 Å². The molecule has 0 radical (unpaired) electrons. The Morgan fingerprint density at radius 3 is 2.33 bits per heavy atom. The second-order valence-electron chi connectivity index (χ2n) is 8.53. The van der Waals surface area contributed by atoms with Gasteiger partial charge in [0.15, 0.2) is 8.32 Å². The Balaban J connectivity index is 2.64. The minimum absolute atomic E-state index is 0.0154. The second kappa shape index (κ2) is 10.4. The quantitative estimate of drug-likeness (QED) is 0.346. The van der Waals surface area contributed by atoms with Crippen molar-refractivity contribution in [2.75, 3.05) is 6.61 Å². The average molecular weight is 355 g/mol. The lowest BCUT2D eigenvalue weighted by Gasteiger charge is -2.39. The Hall–Kier alpha value is -0.613. The molecule has 1 heterocycles. The van der Waals surface area contributed by atoms with Crippen molar-refractivity contribution in [1.29, 1.82) is 0 Å². The fourth-order valence-electron chi connectivity index (χ4n) is 2.65. The van der Waals surface area contributed by atoms with Crippen LogP contribution in [0.1, 0.15) is 78.6 Å². The van der Waals surface area contributed by atoms with Gasteiger partial charge < -0.3 is 9.16 Å². The molecule has 0 saturated heterocycles. The maximum atomic E-state index is 12.2. The number of allylic oxidation sites excluding steroid dienone is 2. The third kappa shape index (κ3) is 8.47. The summed E-state index contributed by atoms with van der Waals surface area (Å²) in [5.41, 5.74) is 0. The minimum Gasteiger partial charge on any atom is -0.466 e. The molecule has 0 amide bonds. The van der Waals surface area contributed by atoms with Crippen molar-refractivity contribution in [3.63, 3.8) is 0 Å². The van der Waals surface area contributed by atoms with E-state index in [9.17, 15) is 4.79 Å². The highest BCUT2D eigenvalue weighted by Crippen LogP contribution is 2.38. The van der Waals surface area contributed by atoms with E-state index in [0.29, 0.717) is 13.0 Å². The zero-order chi connectivity index (χ0) is 18.1. The van der Waals surface area contributed by atoms with Crippen LogP contribution in [0.25, 0.3) is 0 Å². The van der Waals surface area contributed by atoms with Crippen LogP contribution in [0.15, 0.2) is 12.2 Å². The normalized spacial score (nSPS) is 24.5. The van der Waals surface area contributed by atoms with Gasteiger partial charge in [-0.25, -0.2) is 0 Å². The number of cyclic esters (lactones) is 1. The molecule has 1 aliphatic heterocycles. The van der Waals surface area contributed by atoms with Crippen LogP contribution in [0.3, 0.4) is 0 Å². The van der Waals surface area contributed by atoms with Crippen molar-refractivity contribution >= 4 is 14.3 Å². The molecule has 0 N–H and O–H groups in total. The molecule has 0 bridgehead atoms. The maximum Gasteiger partial charge on any atom is 0.308 e. The van der Waals surface area contributed by atoms with E-state index in [1.54, 1.807) is 0 Å². The van der Waals surface area contributed by atoms with Crippen LogP contribution in [0, 0.1) is 0 Å². The number of rotatable bonds is 2. The lowest BCUT2D eigenvalue weighted by Crippen LogP contribution is -2.44. The van der Waals surface area contributed by atoms with E-state index >= 15 is 0 Å². The summed E-state index contributed by atoms with van der Waals surface area (Å²) in [6.45, 7) is 11.8. The van der Waals surface area contributed by atoms with E-state index in [4.69, 9.17) is 9.16 Å². The van der Waals surface area contributed by atoms with Crippen molar-refractivity contribution in [2.45, 2.75) is 103 Å². The van der Waals surface area contributed by atoms with Crippen LogP contribution in [-0.4, -0.2) is 27.0 Å². The number of carbonyl (C=O) groups excluding carboxylic acids is 1. The Labute approximate surface area is 150 Å². The molecule has 0 aromatic rings. The third-order valence-electron chi connectivity index (χ3n) is 5.25. The fraction of sp³-hybridized carbons (Fsp3) is 0.850. The molecule has 1 atom stereocenters. The number of hydrogen-bond acceptors (Lipinski definition) is 3. The van der Waals surface area contributed by atoms with Crippen LogP contribution in [-0.2, 0) is 14.0 Å². The van der Waals surface area contributed by atoms with Gasteiger partial charge >= 0.3 is 5.97 Å². The van der Waals surface area contributed by atoms with Crippen molar-refractivity contribution < 1.29 is 14.0 Å². The van der Waals surface area contributed by atoms with Gasteiger partial charge in [0.05, 0.1) is 19.1 Å². The Kier molecular flexibility index (Phi) is 9.28. The number of ether oxygens (including phenoxy) is 1. The molecule has 0 aromatic carbocycles. The fourth-order valence-corrected chi connectivity index (χ4v) is 4.04. The molecule has 24 heavy (non-hydrogen) atoms. The van der Waals surface area contributed by atoms with Crippen molar-refractivity contribution in [3.8, 4) is 0 Å². The molecule has 1 aliphatic rings. The molecule has 140 valence electrons. The molecule has 3 nitrogen and oxygen atoms in total. The summed E-state index contributed by atoms with van der Waals surface area (Å²) in [7, 11) is -1.86. The summed E-state index contributed by atoms with van der Waals surface area (Å²) in [6, 6.07) is 0. The van der Waals surface area contributed by atoms with E-state index in [1.165, 1.54) is 25.7 Å². The summed E-state index contributed by atoms with van der Waals surface area (Å²) in [6.07, 6.45) is 13.8. The van der Waals surface area contributed by atoms with E-state index in [2.05, 4.69) is 46.0 Å². The van der Waals surface area contributed by atoms with Gasteiger partial charge in [-0.2, -0.15) is 0 Å². The molecule has 0 aliphatic carbocycles. The summed E-state index contributed by atoms with van der Waals surface area (Å²) in [5, 5.41) is 0.166. The first kappa shape index (κ1) is 21.4. The molecular formula is C20H38O3Si. The average Bonchev–Trinajstić information content (AvgIpc) is 2.46. The van der Waals surface area contributed by atoms with Crippen molar-refractivity contribution in [1.82, 2.24) is 0 Å². The molecule has 1 unspecified atom stereocenters. The predicted octanol–water partition coefficient (Wildman–Crippen LogP) is 6.00. The summed E-state index contributed by atoms with van der Waals surface area (Å²) in [4.78, 5) is 12.2. The minimum atomic E-state index is -1.86. The van der Waals surface area contributed by atoms with Gasteiger partial charge in [-0.05, 0) is 50.2 Å². The number of hydrogen-bond donors (Lipinski definition) is 0. The van der Waals surface area contributed by atoms with Gasteiger partial charge in [0.25, 0.3) is 0 Å². The first-order valence-corrected chi connectivity index (χ1v) is 12.6. The smallest absolute Gasteiger partial charge is 0.308 e. The van der Waals surface area contributed by atoms with Crippen molar-refractivity contribution in [3.05, 3.63) is 12.2 Å². The largest absolute Gasteiger partial charge is 0.466 e. The zero-order valence-electron chi connectivity index (χ0n) is 16.5. The molecule has 0 aromatic heterocycles. The van der Waals surface area contributed by atoms with E-state index < -0.39 is 8.32 Å². The summed E-state index contributed by atoms with van der Waals surface area (Å²) < 4.78 is 11.9. The lowest BCUT2D eigenvalue weighted by atomic mass is 10.1. The molecule has 0 spiro atoms. The van der Waals surface area contributed by atoms with Crippen molar-refractivity contribution in [2.24, 2.45) is 0 Å². The first-order chi connectivity index (χ1) is 11.2. The maximum absolute atomic E-state index is 12.2. The molecule has 1 rings (SSSR count). The lowest BCUT2D eigenvalue weighted by molar-refractivity contribution is -0.145. The molecule has 0 fully saturated rings. The SMILES string of the molecule is CC(C)(C)[Si](C)(C)OC1CCCCCC/C=C\CCCOC(=O)C1. The highest BCUT2D eigenvalue weighted by atomic mass is 28.4. The van der Waals surface area contributed by atoms with Crippen LogP contribution >= 0.6 is 0 Å². The van der Waals surface area contributed by atoms with Gasteiger partial charge in [0.2, 0.25) is 0 Å². The molecule has 4 heteroatoms. The first-order valence-electron chi connectivity index (χ1n) is 9.71. The van der Waals surface area contributed by atoms with Crippen LogP contribution in [0.5, 0.6) is 0 Å². The topological polar surface area (TPSA) is 35.5 Å². The molecular weight excluding hydrogens is 316 g/mol. The Bertz CT molecular complexity index is 396. The van der Waals surface area contributed by atoms with Crippen LogP contribution in [0.4, 0.5) is 0 Å². The Morgan fingerprint density at radius 2 is 1.67 bits per heavy atom. The summed E-state index contributed by atoms with van der Waals surface area (Å²) >= 11 is 0. The van der Waals surface area contributed by atoms with E-state index in [0.717, 1.165) is 25.7 Å². The van der Waals surface area contributed by atoms with Gasteiger partial charge in [0, 0.05) is 0 Å². The number of esters is 1. The highest BCUT2D eigenvalue weighted by Gasteiger charge is 2.39. The second-order valence-corrected chi connectivity index (χ2v) is 13.3. The predicted molar refractivity (Wildman–Crippen MR) is 104 cm³/mol. The monoisotopic (exact) mass is 354 g/mol. The molecule has 0 saturated carbocycles. The zero-order valence-corrected chi connectivity index (χ0v) is 17.5. The third-order valence-corrected chi connectivity index (χ3v) is 9.79. The summed E-state index contributed by atoms with van der Waals surface area (Å²) in [5.74, 6) is -0.0995. The standard InChI is InChI=1S/C20H38O3Si/c1-20(2,3)24(4,5)23-18-15-13-11-9-7-6-8-10-12-14-16-22-19(21)17-18/h8,10,18H,6-7,9,11-17H2,1-5H3/b10-8-.